The minimum Gasteiger partial charge on any atom is -0.371 e. The summed E-state index contributed by atoms with van der Waals surface area (Å²) >= 11 is 0. The van der Waals surface area contributed by atoms with Crippen molar-refractivity contribution in [1.82, 2.24) is 0 Å². The molecular weight excluding hydrogens is 294 g/mol. The van der Waals surface area contributed by atoms with Crippen molar-refractivity contribution >= 4 is 43.8 Å². The summed E-state index contributed by atoms with van der Waals surface area (Å²) in [5.41, 5.74) is 2.16. The lowest BCUT2D eigenvalue weighted by Gasteiger charge is -2.22. The predicted octanol–water partition coefficient (Wildman–Crippen LogP) is 5.39. The summed E-state index contributed by atoms with van der Waals surface area (Å²) in [7, 11) is 0. The number of rotatable bonds is 2. The molecule has 2 nitrogen and oxygen atoms in total. The van der Waals surface area contributed by atoms with Crippen LogP contribution in [0.5, 0.6) is 0 Å². The Morgan fingerprint density at radius 1 is 0.792 bits per heavy atom. The number of carbonyl (C=O) groups excluding carboxylic acids is 1. The smallest absolute Gasteiger partial charge is 0.160 e. The van der Waals surface area contributed by atoms with Gasteiger partial charge in [0.25, 0.3) is 0 Å². The summed E-state index contributed by atoms with van der Waals surface area (Å²) in [5, 5.41) is 7.40. The molecule has 0 N–H and O–H groups in total. The number of carbonyl (C=O) groups is 1. The Morgan fingerprint density at radius 2 is 1.38 bits per heavy atom. The molecule has 0 radical (unpaired) electrons. The van der Waals surface area contributed by atoms with Gasteiger partial charge in [0.2, 0.25) is 0 Å². The maximum absolute atomic E-state index is 12.1. The van der Waals surface area contributed by atoms with Gasteiger partial charge in [-0.15, -0.1) is 0 Å². The van der Waals surface area contributed by atoms with E-state index < -0.39 is 0 Å². The molecule has 0 amide bonds. The molecule has 24 heavy (non-hydrogen) atoms. The Bertz CT molecular complexity index is 1090. The number of hydrogen-bond donors (Lipinski definition) is 0. The van der Waals surface area contributed by atoms with Crippen LogP contribution in [-0.2, 0) is 0 Å². The van der Waals surface area contributed by atoms with Gasteiger partial charge in [-0.2, -0.15) is 0 Å². The molecular formula is C22H19NO. The topological polar surface area (TPSA) is 20.3 Å². The summed E-state index contributed by atoms with van der Waals surface area (Å²) in [6, 6.07) is 17.3. The van der Waals surface area contributed by atoms with E-state index in [9.17, 15) is 4.79 Å². The molecule has 1 fully saturated rings. The number of Topliss-reactive ketones (excluding diaryl/α,β-unsaturated/α-hetero) is 1. The SMILES string of the molecule is CC(=O)c1ccc2ccc3ccc(N4CCCC4)c4ccc1c2c34. The third-order valence-corrected chi connectivity index (χ3v) is 5.47. The Labute approximate surface area is 141 Å². The van der Waals surface area contributed by atoms with Gasteiger partial charge in [-0.25, -0.2) is 0 Å². The highest BCUT2D eigenvalue weighted by atomic mass is 16.1. The van der Waals surface area contributed by atoms with Gasteiger partial charge in [-0.05, 0) is 52.8 Å². The molecule has 1 aliphatic heterocycles. The summed E-state index contributed by atoms with van der Waals surface area (Å²) in [6.07, 6.45) is 2.55. The highest BCUT2D eigenvalue weighted by Crippen LogP contribution is 2.40. The lowest BCUT2D eigenvalue weighted by atomic mass is 9.90. The maximum atomic E-state index is 12.1. The first-order valence-corrected chi connectivity index (χ1v) is 8.70. The standard InChI is InChI=1S/C22H19NO/c1-14(24)17-8-6-15-4-5-16-7-11-20(23-12-2-3-13-23)19-10-9-18(17)21(15)22(16)19/h4-11H,2-3,12-13H2,1H3. The van der Waals surface area contributed by atoms with Crippen LogP contribution in [0.2, 0.25) is 0 Å². The average Bonchev–Trinajstić information content (AvgIpc) is 3.13. The monoisotopic (exact) mass is 313 g/mol. The molecule has 2 heteroatoms. The fraction of sp³-hybridized carbons (Fsp3) is 0.227. The van der Waals surface area contributed by atoms with E-state index >= 15 is 0 Å². The second kappa shape index (κ2) is 4.94. The van der Waals surface area contributed by atoms with Crippen molar-refractivity contribution in [2.75, 3.05) is 18.0 Å². The fourth-order valence-corrected chi connectivity index (χ4v) is 4.33. The van der Waals surface area contributed by atoms with Crippen molar-refractivity contribution < 1.29 is 4.79 Å². The zero-order valence-corrected chi connectivity index (χ0v) is 13.8. The van der Waals surface area contributed by atoms with Crippen LogP contribution in [0.4, 0.5) is 5.69 Å². The fourth-order valence-electron chi connectivity index (χ4n) is 4.33. The van der Waals surface area contributed by atoms with Gasteiger partial charge in [0.15, 0.2) is 5.78 Å². The van der Waals surface area contributed by atoms with Gasteiger partial charge in [-0.3, -0.25) is 4.79 Å². The van der Waals surface area contributed by atoms with Gasteiger partial charge >= 0.3 is 0 Å². The zero-order valence-electron chi connectivity index (χ0n) is 13.8. The minimum absolute atomic E-state index is 0.132. The normalized spacial score (nSPS) is 15.1. The number of anilines is 1. The van der Waals surface area contributed by atoms with E-state index in [1.807, 2.05) is 6.07 Å². The minimum atomic E-state index is 0.132. The predicted molar refractivity (Wildman–Crippen MR) is 102 cm³/mol. The Hall–Kier alpha value is -2.61. The molecule has 4 aromatic rings. The second-order valence-corrected chi connectivity index (χ2v) is 6.87. The van der Waals surface area contributed by atoms with Crippen molar-refractivity contribution in [1.29, 1.82) is 0 Å². The van der Waals surface area contributed by atoms with Gasteiger partial charge in [0, 0.05) is 29.7 Å². The highest BCUT2D eigenvalue weighted by Gasteiger charge is 2.18. The first-order valence-electron chi connectivity index (χ1n) is 8.70. The van der Waals surface area contributed by atoms with Crippen molar-refractivity contribution in [2.45, 2.75) is 19.8 Å². The first kappa shape index (κ1) is 13.8. The molecule has 0 aromatic heterocycles. The number of hydrogen-bond acceptors (Lipinski definition) is 2. The van der Waals surface area contributed by atoms with Gasteiger partial charge < -0.3 is 4.90 Å². The molecule has 0 aliphatic carbocycles. The number of ketones is 1. The van der Waals surface area contributed by atoms with Gasteiger partial charge in [0.05, 0.1) is 0 Å². The van der Waals surface area contributed by atoms with E-state index in [0.29, 0.717) is 0 Å². The average molecular weight is 313 g/mol. The summed E-state index contributed by atoms with van der Waals surface area (Å²) in [6.45, 7) is 3.94. The van der Waals surface area contributed by atoms with Crippen LogP contribution >= 0.6 is 0 Å². The van der Waals surface area contributed by atoms with E-state index in [1.165, 1.54) is 45.5 Å². The third-order valence-electron chi connectivity index (χ3n) is 5.47. The molecule has 1 heterocycles. The third kappa shape index (κ3) is 1.80. The molecule has 0 unspecified atom stereocenters. The summed E-state index contributed by atoms with van der Waals surface area (Å²) in [4.78, 5) is 14.6. The highest BCUT2D eigenvalue weighted by molar-refractivity contribution is 6.28. The lowest BCUT2D eigenvalue weighted by Crippen LogP contribution is -2.17. The van der Waals surface area contributed by atoms with Crippen LogP contribution in [0.25, 0.3) is 32.3 Å². The summed E-state index contributed by atoms with van der Waals surface area (Å²) < 4.78 is 0. The Morgan fingerprint density at radius 3 is 2.08 bits per heavy atom. The molecule has 118 valence electrons. The maximum Gasteiger partial charge on any atom is 0.160 e. The van der Waals surface area contributed by atoms with Crippen LogP contribution < -0.4 is 4.90 Å². The zero-order chi connectivity index (χ0) is 16.3. The Kier molecular flexibility index (Phi) is 2.84. The largest absolute Gasteiger partial charge is 0.371 e. The van der Waals surface area contributed by atoms with Gasteiger partial charge in [0.1, 0.15) is 0 Å². The van der Waals surface area contributed by atoms with Crippen LogP contribution in [0.1, 0.15) is 30.1 Å². The van der Waals surface area contributed by atoms with E-state index in [2.05, 4.69) is 47.4 Å². The summed E-state index contributed by atoms with van der Waals surface area (Å²) in [5.74, 6) is 0.132. The number of nitrogens with zero attached hydrogens (tertiary/aromatic N) is 1. The van der Waals surface area contributed by atoms with Crippen LogP contribution in [0, 0.1) is 0 Å². The molecule has 0 saturated carbocycles. The van der Waals surface area contributed by atoms with Crippen molar-refractivity contribution in [3.8, 4) is 0 Å². The van der Waals surface area contributed by atoms with Gasteiger partial charge in [-0.1, -0.05) is 42.5 Å². The molecule has 1 aliphatic rings. The second-order valence-electron chi connectivity index (χ2n) is 6.87. The van der Waals surface area contributed by atoms with Crippen LogP contribution in [0.15, 0.2) is 48.5 Å². The van der Waals surface area contributed by atoms with Crippen LogP contribution in [-0.4, -0.2) is 18.9 Å². The van der Waals surface area contributed by atoms with Crippen molar-refractivity contribution in [2.24, 2.45) is 0 Å². The molecule has 0 bridgehead atoms. The molecule has 5 rings (SSSR count). The lowest BCUT2D eigenvalue weighted by molar-refractivity contribution is 0.101. The van der Waals surface area contributed by atoms with Crippen LogP contribution in [0.3, 0.4) is 0 Å². The van der Waals surface area contributed by atoms with Crippen molar-refractivity contribution in [3.05, 3.63) is 54.1 Å². The molecule has 4 aromatic carbocycles. The molecule has 0 spiro atoms. The van der Waals surface area contributed by atoms with Crippen molar-refractivity contribution in [3.63, 3.8) is 0 Å². The van der Waals surface area contributed by atoms with E-state index in [0.717, 1.165) is 24.0 Å². The molecule has 1 saturated heterocycles. The van der Waals surface area contributed by atoms with E-state index in [1.54, 1.807) is 6.92 Å². The van der Waals surface area contributed by atoms with E-state index in [4.69, 9.17) is 0 Å². The quantitative estimate of drug-likeness (QED) is 0.365. The van der Waals surface area contributed by atoms with E-state index in [-0.39, 0.29) is 5.78 Å². The first-order chi connectivity index (χ1) is 11.7. The Balaban J connectivity index is 1.95. The molecule has 0 atom stereocenters. The number of benzene rings is 4.